The SMILES string of the molecule is Cc1ccc(Cn2ccccc2=NC(=O)C2CC3CCC2C3)cc1. The Kier molecular flexibility index (Phi) is 4.09. The van der Waals surface area contributed by atoms with Crippen LogP contribution in [0.1, 0.15) is 36.8 Å². The van der Waals surface area contributed by atoms with Crippen LogP contribution in [0, 0.1) is 24.7 Å². The summed E-state index contributed by atoms with van der Waals surface area (Å²) in [5, 5.41) is 0. The van der Waals surface area contributed by atoms with E-state index in [1.54, 1.807) is 0 Å². The zero-order valence-corrected chi connectivity index (χ0v) is 14.2. The van der Waals surface area contributed by atoms with Gasteiger partial charge >= 0.3 is 0 Å². The third kappa shape index (κ3) is 3.08. The lowest BCUT2D eigenvalue weighted by Gasteiger charge is -2.18. The van der Waals surface area contributed by atoms with Gasteiger partial charge in [0.05, 0.1) is 0 Å². The summed E-state index contributed by atoms with van der Waals surface area (Å²) in [6.07, 6.45) is 6.83. The summed E-state index contributed by atoms with van der Waals surface area (Å²) in [6, 6.07) is 14.4. The first-order valence-corrected chi connectivity index (χ1v) is 8.98. The van der Waals surface area contributed by atoms with E-state index in [-0.39, 0.29) is 11.8 Å². The summed E-state index contributed by atoms with van der Waals surface area (Å²) in [5.41, 5.74) is 3.25. The zero-order valence-electron chi connectivity index (χ0n) is 14.2. The smallest absolute Gasteiger partial charge is 0.251 e. The van der Waals surface area contributed by atoms with Gasteiger partial charge in [-0.25, -0.2) is 0 Å². The fourth-order valence-electron chi connectivity index (χ4n) is 4.34. The van der Waals surface area contributed by atoms with Crippen molar-refractivity contribution in [1.82, 2.24) is 4.57 Å². The zero-order chi connectivity index (χ0) is 16.5. The molecule has 1 aromatic heterocycles. The monoisotopic (exact) mass is 320 g/mol. The second-order valence-electron chi connectivity index (χ2n) is 7.40. The molecule has 2 saturated carbocycles. The van der Waals surface area contributed by atoms with Crippen molar-refractivity contribution in [3.05, 3.63) is 65.3 Å². The Hall–Kier alpha value is -2.16. The van der Waals surface area contributed by atoms with E-state index in [2.05, 4.69) is 40.7 Å². The average molecular weight is 320 g/mol. The van der Waals surface area contributed by atoms with Crippen LogP contribution in [0.15, 0.2) is 53.7 Å². The van der Waals surface area contributed by atoms with Crippen LogP contribution in [-0.2, 0) is 11.3 Å². The molecule has 2 fully saturated rings. The van der Waals surface area contributed by atoms with Gasteiger partial charge in [-0.05, 0) is 55.7 Å². The lowest BCUT2D eigenvalue weighted by atomic mass is 9.88. The van der Waals surface area contributed by atoms with E-state index in [4.69, 9.17) is 0 Å². The molecule has 4 rings (SSSR count). The number of benzene rings is 1. The Bertz CT molecular complexity index is 803. The molecule has 2 aliphatic rings. The number of aromatic nitrogens is 1. The van der Waals surface area contributed by atoms with Crippen LogP contribution < -0.4 is 5.49 Å². The van der Waals surface area contributed by atoms with Crippen molar-refractivity contribution in [3.63, 3.8) is 0 Å². The standard InChI is InChI=1S/C21H24N2O/c1-15-5-7-16(8-6-15)14-23-11-3-2-4-20(23)22-21(24)19-13-17-9-10-18(19)12-17/h2-8,11,17-19H,9-10,12-14H2,1H3. The molecule has 0 radical (unpaired) electrons. The first-order valence-electron chi connectivity index (χ1n) is 8.98. The van der Waals surface area contributed by atoms with E-state index in [0.717, 1.165) is 24.4 Å². The average Bonchev–Trinajstić information content (AvgIpc) is 3.22. The van der Waals surface area contributed by atoms with Gasteiger partial charge in [0.25, 0.3) is 5.91 Å². The lowest BCUT2D eigenvalue weighted by Crippen LogP contribution is -2.26. The number of fused-ring (bicyclic) bond motifs is 2. The van der Waals surface area contributed by atoms with Crippen LogP contribution in [0.4, 0.5) is 0 Å². The molecule has 1 aromatic carbocycles. The molecule has 1 amide bonds. The third-order valence-electron chi connectivity index (χ3n) is 5.67. The van der Waals surface area contributed by atoms with Gasteiger partial charge in [-0.3, -0.25) is 4.79 Å². The van der Waals surface area contributed by atoms with Crippen molar-refractivity contribution >= 4 is 5.91 Å². The second kappa shape index (κ2) is 6.39. The van der Waals surface area contributed by atoms with Crippen molar-refractivity contribution in [2.24, 2.45) is 22.7 Å². The Morgan fingerprint density at radius 3 is 2.67 bits per heavy atom. The van der Waals surface area contributed by atoms with Crippen LogP contribution in [0.25, 0.3) is 0 Å². The summed E-state index contributed by atoms with van der Waals surface area (Å²) in [5.74, 6) is 1.61. The maximum Gasteiger partial charge on any atom is 0.251 e. The Labute approximate surface area is 143 Å². The van der Waals surface area contributed by atoms with Gasteiger partial charge < -0.3 is 4.57 Å². The quantitative estimate of drug-likeness (QED) is 0.849. The molecule has 3 nitrogen and oxygen atoms in total. The van der Waals surface area contributed by atoms with Gasteiger partial charge in [0.2, 0.25) is 0 Å². The molecule has 2 aromatic rings. The largest absolute Gasteiger partial charge is 0.328 e. The fraction of sp³-hybridized carbons (Fsp3) is 0.429. The number of nitrogens with zero attached hydrogens (tertiary/aromatic N) is 2. The van der Waals surface area contributed by atoms with Gasteiger partial charge in [0, 0.05) is 18.7 Å². The van der Waals surface area contributed by atoms with Crippen LogP contribution in [-0.4, -0.2) is 10.5 Å². The minimum Gasteiger partial charge on any atom is -0.328 e. The normalized spacial score (nSPS) is 26.0. The molecular formula is C21H24N2O. The maximum absolute atomic E-state index is 12.7. The number of rotatable bonds is 3. The molecule has 0 N–H and O–H groups in total. The van der Waals surface area contributed by atoms with Crippen molar-refractivity contribution in [3.8, 4) is 0 Å². The highest BCUT2D eigenvalue weighted by atomic mass is 16.1. The van der Waals surface area contributed by atoms with Crippen LogP contribution in [0.2, 0.25) is 0 Å². The third-order valence-corrected chi connectivity index (χ3v) is 5.67. The van der Waals surface area contributed by atoms with Crippen molar-refractivity contribution in [2.45, 2.75) is 39.2 Å². The van der Waals surface area contributed by atoms with Gasteiger partial charge in [-0.15, -0.1) is 0 Å². The Morgan fingerprint density at radius 1 is 1.12 bits per heavy atom. The van der Waals surface area contributed by atoms with Crippen LogP contribution in [0.5, 0.6) is 0 Å². The molecule has 124 valence electrons. The molecule has 24 heavy (non-hydrogen) atoms. The first-order chi connectivity index (χ1) is 11.7. The molecule has 2 aliphatic carbocycles. The molecule has 2 bridgehead atoms. The predicted molar refractivity (Wildman–Crippen MR) is 94.2 cm³/mol. The van der Waals surface area contributed by atoms with E-state index in [1.807, 2.05) is 24.4 Å². The van der Waals surface area contributed by atoms with Gasteiger partial charge in [-0.2, -0.15) is 4.99 Å². The molecule has 0 spiro atoms. The van der Waals surface area contributed by atoms with E-state index >= 15 is 0 Å². The summed E-state index contributed by atoms with van der Waals surface area (Å²) in [6.45, 7) is 2.83. The van der Waals surface area contributed by atoms with Crippen LogP contribution >= 0.6 is 0 Å². The van der Waals surface area contributed by atoms with Gasteiger partial charge in [0.1, 0.15) is 5.49 Å². The minimum atomic E-state index is 0.0889. The number of carbonyl (C=O) groups excluding carboxylic acids is 1. The maximum atomic E-state index is 12.7. The van der Waals surface area contributed by atoms with E-state index < -0.39 is 0 Å². The van der Waals surface area contributed by atoms with Gasteiger partial charge in [-0.1, -0.05) is 42.3 Å². The highest BCUT2D eigenvalue weighted by molar-refractivity contribution is 5.80. The highest BCUT2D eigenvalue weighted by Crippen LogP contribution is 2.48. The molecular weight excluding hydrogens is 296 g/mol. The topological polar surface area (TPSA) is 34.4 Å². The second-order valence-corrected chi connectivity index (χ2v) is 7.40. The summed E-state index contributed by atoms with van der Waals surface area (Å²) >= 11 is 0. The first kappa shape index (κ1) is 15.4. The number of aryl methyl sites for hydroxylation is 1. The van der Waals surface area contributed by atoms with E-state index in [1.165, 1.54) is 30.4 Å². The lowest BCUT2D eigenvalue weighted by molar-refractivity contribution is -0.123. The summed E-state index contributed by atoms with van der Waals surface area (Å²) in [7, 11) is 0. The van der Waals surface area contributed by atoms with E-state index in [0.29, 0.717) is 5.92 Å². The van der Waals surface area contributed by atoms with Crippen molar-refractivity contribution in [1.29, 1.82) is 0 Å². The molecule has 1 heterocycles. The number of hydrogen-bond donors (Lipinski definition) is 0. The van der Waals surface area contributed by atoms with Crippen molar-refractivity contribution < 1.29 is 4.79 Å². The Morgan fingerprint density at radius 2 is 1.96 bits per heavy atom. The number of pyridine rings is 1. The number of amides is 1. The van der Waals surface area contributed by atoms with Crippen molar-refractivity contribution in [2.75, 3.05) is 0 Å². The Balaban J connectivity index is 1.59. The van der Waals surface area contributed by atoms with Gasteiger partial charge in [0.15, 0.2) is 0 Å². The van der Waals surface area contributed by atoms with E-state index in [9.17, 15) is 4.79 Å². The predicted octanol–water partition coefficient (Wildman–Crippen LogP) is 3.71. The highest BCUT2D eigenvalue weighted by Gasteiger charge is 2.42. The molecule has 3 heteroatoms. The minimum absolute atomic E-state index is 0.0889. The summed E-state index contributed by atoms with van der Waals surface area (Å²) in [4.78, 5) is 17.2. The molecule has 3 atom stereocenters. The number of hydrogen-bond acceptors (Lipinski definition) is 1. The number of carbonyl (C=O) groups is 1. The molecule has 0 saturated heterocycles. The molecule has 0 aliphatic heterocycles. The molecule has 3 unspecified atom stereocenters. The van der Waals surface area contributed by atoms with Crippen LogP contribution in [0.3, 0.4) is 0 Å². The fourth-order valence-corrected chi connectivity index (χ4v) is 4.34. The summed E-state index contributed by atoms with van der Waals surface area (Å²) < 4.78 is 2.07.